The number of benzene rings is 1. The Morgan fingerprint density at radius 3 is 2.38 bits per heavy atom. The first-order valence-corrected chi connectivity index (χ1v) is 4.83. The number of aryl methyl sites for hydroxylation is 1. The highest BCUT2D eigenvalue weighted by Crippen LogP contribution is 2.16. The van der Waals surface area contributed by atoms with E-state index in [1.807, 2.05) is 12.1 Å². The van der Waals surface area contributed by atoms with Crippen LogP contribution < -0.4 is 4.74 Å². The highest BCUT2D eigenvalue weighted by atomic mass is 16.5. The second-order valence-corrected chi connectivity index (χ2v) is 3.88. The summed E-state index contributed by atoms with van der Waals surface area (Å²) < 4.78 is 5.76. The van der Waals surface area contributed by atoms with E-state index >= 15 is 0 Å². The Kier molecular flexibility index (Phi) is 3.35. The molecule has 0 saturated heterocycles. The first-order valence-electron chi connectivity index (χ1n) is 4.83. The third-order valence-corrected chi connectivity index (χ3v) is 2.25. The summed E-state index contributed by atoms with van der Waals surface area (Å²) in [6.45, 7) is 8.51. The van der Waals surface area contributed by atoms with Crippen LogP contribution in [0.25, 0.3) is 0 Å². The molecular weight excluding hydrogens is 160 g/mol. The molecular formula is C12H18O. The lowest BCUT2D eigenvalue weighted by Crippen LogP contribution is -2.18. The second-order valence-electron chi connectivity index (χ2n) is 3.88. The first-order chi connectivity index (χ1) is 6.09. The molecule has 0 aromatic heterocycles. The van der Waals surface area contributed by atoms with E-state index in [2.05, 4.69) is 39.8 Å². The van der Waals surface area contributed by atoms with Gasteiger partial charge in [0, 0.05) is 0 Å². The standard InChI is InChI=1S/C12H18O/c1-9(2)11(4)13-12-7-5-6-10(3)8-12/h5-9,11H,1-4H3. The second kappa shape index (κ2) is 4.31. The minimum atomic E-state index is 0.279. The largest absolute Gasteiger partial charge is 0.490 e. The molecule has 0 aliphatic carbocycles. The highest BCUT2D eigenvalue weighted by molar-refractivity contribution is 5.27. The molecule has 0 saturated carbocycles. The van der Waals surface area contributed by atoms with Gasteiger partial charge in [-0.05, 0) is 37.5 Å². The Morgan fingerprint density at radius 2 is 1.85 bits per heavy atom. The Labute approximate surface area is 80.7 Å². The van der Waals surface area contributed by atoms with Crippen LogP contribution in [0, 0.1) is 12.8 Å². The molecule has 0 fully saturated rings. The van der Waals surface area contributed by atoms with Gasteiger partial charge in [-0.15, -0.1) is 0 Å². The quantitative estimate of drug-likeness (QED) is 0.689. The van der Waals surface area contributed by atoms with Gasteiger partial charge in [0.15, 0.2) is 0 Å². The fourth-order valence-electron chi connectivity index (χ4n) is 1.04. The average molecular weight is 178 g/mol. The lowest BCUT2D eigenvalue weighted by molar-refractivity contribution is 0.170. The van der Waals surface area contributed by atoms with Crippen molar-refractivity contribution in [2.45, 2.75) is 33.8 Å². The van der Waals surface area contributed by atoms with Gasteiger partial charge in [-0.2, -0.15) is 0 Å². The summed E-state index contributed by atoms with van der Waals surface area (Å²) >= 11 is 0. The molecule has 1 heteroatoms. The van der Waals surface area contributed by atoms with Gasteiger partial charge >= 0.3 is 0 Å². The summed E-state index contributed by atoms with van der Waals surface area (Å²) in [5.41, 5.74) is 1.24. The van der Waals surface area contributed by atoms with Crippen molar-refractivity contribution in [3.63, 3.8) is 0 Å². The van der Waals surface area contributed by atoms with E-state index in [0.717, 1.165) is 5.75 Å². The van der Waals surface area contributed by atoms with Crippen LogP contribution in [0.4, 0.5) is 0 Å². The zero-order valence-electron chi connectivity index (χ0n) is 8.87. The number of ether oxygens (including phenoxy) is 1. The molecule has 1 aromatic carbocycles. The number of rotatable bonds is 3. The summed E-state index contributed by atoms with van der Waals surface area (Å²) in [6, 6.07) is 8.18. The fraction of sp³-hybridized carbons (Fsp3) is 0.500. The molecule has 1 nitrogen and oxygen atoms in total. The van der Waals surface area contributed by atoms with Gasteiger partial charge < -0.3 is 4.74 Å². The Hall–Kier alpha value is -0.980. The predicted octanol–water partition coefficient (Wildman–Crippen LogP) is 3.42. The van der Waals surface area contributed by atoms with Crippen molar-refractivity contribution in [3.8, 4) is 5.75 Å². The summed E-state index contributed by atoms with van der Waals surface area (Å²) in [5.74, 6) is 1.53. The predicted molar refractivity (Wildman–Crippen MR) is 56.1 cm³/mol. The van der Waals surface area contributed by atoms with Crippen LogP contribution >= 0.6 is 0 Å². The third kappa shape index (κ3) is 3.10. The van der Waals surface area contributed by atoms with Gasteiger partial charge in [-0.3, -0.25) is 0 Å². The molecule has 0 radical (unpaired) electrons. The molecule has 0 heterocycles. The first kappa shape index (κ1) is 10.1. The molecule has 1 unspecified atom stereocenters. The van der Waals surface area contributed by atoms with Crippen LogP contribution in [0.3, 0.4) is 0 Å². The summed E-state index contributed by atoms with van der Waals surface area (Å²) in [4.78, 5) is 0. The molecule has 0 aliphatic rings. The van der Waals surface area contributed by atoms with Crippen molar-refractivity contribution in [1.82, 2.24) is 0 Å². The molecule has 13 heavy (non-hydrogen) atoms. The van der Waals surface area contributed by atoms with Crippen molar-refractivity contribution >= 4 is 0 Å². The molecule has 72 valence electrons. The van der Waals surface area contributed by atoms with Crippen molar-refractivity contribution in [3.05, 3.63) is 29.8 Å². The van der Waals surface area contributed by atoms with Crippen LogP contribution in [0.5, 0.6) is 5.75 Å². The fourth-order valence-corrected chi connectivity index (χ4v) is 1.04. The van der Waals surface area contributed by atoms with Crippen molar-refractivity contribution < 1.29 is 4.74 Å². The van der Waals surface area contributed by atoms with E-state index in [1.165, 1.54) is 5.56 Å². The SMILES string of the molecule is Cc1cccc(OC(C)C(C)C)c1. The van der Waals surface area contributed by atoms with E-state index in [1.54, 1.807) is 0 Å². The summed E-state index contributed by atoms with van der Waals surface area (Å²) in [7, 11) is 0. The van der Waals surface area contributed by atoms with Crippen LogP contribution in [-0.2, 0) is 0 Å². The maximum Gasteiger partial charge on any atom is 0.119 e. The molecule has 0 spiro atoms. The monoisotopic (exact) mass is 178 g/mol. The Balaban J connectivity index is 2.64. The number of hydrogen-bond donors (Lipinski definition) is 0. The minimum Gasteiger partial charge on any atom is -0.490 e. The van der Waals surface area contributed by atoms with E-state index in [4.69, 9.17) is 4.74 Å². The Morgan fingerprint density at radius 1 is 1.15 bits per heavy atom. The molecule has 0 bridgehead atoms. The number of hydrogen-bond acceptors (Lipinski definition) is 1. The molecule has 1 rings (SSSR count). The van der Waals surface area contributed by atoms with Crippen molar-refractivity contribution in [1.29, 1.82) is 0 Å². The van der Waals surface area contributed by atoms with E-state index < -0.39 is 0 Å². The molecule has 1 atom stereocenters. The average Bonchev–Trinajstić information content (AvgIpc) is 2.04. The maximum absolute atomic E-state index is 5.76. The van der Waals surface area contributed by atoms with Gasteiger partial charge in [-0.1, -0.05) is 26.0 Å². The van der Waals surface area contributed by atoms with Crippen LogP contribution in [0.1, 0.15) is 26.3 Å². The lowest BCUT2D eigenvalue weighted by atomic mass is 10.1. The zero-order valence-corrected chi connectivity index (χ0v) is 8.87. The van der Waals surface area contributed by atoms with Gasteiger partial charge in [0.1, 0.15) is 5.75 Å². The van der Waals surface area contributed by atoms with Gasteiger partial charge in [0.05, 0.1) is 6.10 Å². The van der Waals surface area contributed by atoms with Gasteiger partial charge in [-0.25, -0.2) is 0 Å². The Bertz CT molecular complexity index is 266. The lowest BCUT2D eigenvalue weighted by Gasteiger charge is -2.18. The van der Waals surface area contributed by atoms with Crippen LogP contribution in [0.2, 0.25) is 0 Å². The molecule has 1 aromatic rings. The summed E-state index contributed by atoms with van der Waals surface area (Å²) in [6.07, 6.45) is 0.279. The zero-order chi connectivity index (χ0) is 9.84. The van der Waals surface area contributed by atoms with Crippen LogP contribution in [0.15, 0.2) is 24.3 Å². The maximum atomic E-state index is 5.76. The van der Waals surface area contributed by atoms with Crippen LogP contribution in [-0.4, -0.2) is 6.10 Å². The van der Waals surface area contributed by atoms with E-state index in [0.29, 0.717) is 5.92 Å². The van der Waals surface area contributed by atoms with Crippen molar-refractivity contribution in [2.75, 3.05) is 0 Å². The highest BCUT2D eigenvalue weighted by Gasteiger charge is 2.07. The molecule has 0 N–H and O–H groups in total. The topological polar surface area (TPSA) is 9.23 Å². The van der Waals surface area contributed by atoms with E-state index in [9.17, 15) is 0 Å². The molecule has 0 aliphatic heterocycles. The normalized spacial score (nSPS) is 13.0. The third-order valence-electron chi connectivity index (χ3n) is 2.25. The smallest absolute Gasteiger partial charge is 0.119 e. The summed E-state index contributed by atoms with van der Waals surface area (Å²) in [5, 5.41) is 0. The van der Waals surface area contributed by atoms with Gasteiger partial charge in [0.2, 0.25) is 0 Å². The molecule has 0 amide bonds. The van der Waals surface area contributed by atoms with E-state index in [-0.39, 0.29) is 6.10 Å². The minimum absolute atomic E-state index is 0.279. The van der Waals surface area contributed by atoms with Crippen molar-refractivity contribution in [2.24, 2.45) is 5.92 Å². The van der Waals surface area contributed by atoms with Gasteiger partial charge in [0.25, 0.3) is 0 Å².